The lowest BCUT2D eigenvalue weighted by atomic mass is 10.1. The van der Waals surface area contributed by atoms with E-state index in [1.807, 2.05) is 26.8 Å². The fraction of sp³-hybridized carbons (Fsp3) is 0.500. The molecule has 0 spiro atoms. The van der Waals surface area contributed by atoms with Gasteiger partial charge in [-0.2, -0.15) is 0 Å². The molecule has 1 aromatic rings. The van der Waals surface area contributed by atoms with E-state index in [4.69, 9.17) is 18.0 Å². The van der Waals surface area contributed by atoms with Crippen molar-refractivity contribution in [3.05, 3.63) is 23.0 Å². The number of hydrogen-bond acceptors (Lipinski definition) is 4. The Hall–Kier alpha value is -1.01. The second-order valence-corrected chi connectivity index (χ2v) is 6.34. The summed E-state index contributed by atoms with van der Waals surface area (Å²) in [6.45, 7) is 5.79. The maximum absolute atomic E-state index is 11.2. The van der Waals surface area contributed by atoms with Crippen LogP contribution in [0.3, 0.4) is 0 Å². The highest BCUT2D eigenvalue weighted by molar-refractivity contribution is 7.84. The second-order valence-electron chi connectivity index (χ2n) is 4.42. The lowest BCUT2D eigenvalue weighted by Gasteiger charge is -2.18. The van der Waals surface area contributed by atoms with E-state index in [9.17, 15) is 4.21 Å². The molecule has 0 aliphatic carbocycles. The zero-order valence-corrected chi connectivity index (χ0v) is 12.7. The molecule has 0 aromatic carbocycles. The molecule has 3 N–H and O–H groups in total. The molecule has 6 heteroatoms. The van der Waals surface area contributed by atoms with E-state index in [2.05, 4.69) is 10.3 Å². The first-order chi connectivity index (χ1) is 8.31. The predicted molar refractivity (Wildman–Crippen MR) is 81.6 cm³/mol. The van der Waals surface area contributed by atoms with Crippen molar-refractivity contribution in [3.63, 3.8) is 0 Å². The van der Waals surface area contributed by atoms with Crippen molar-refractivity contribution < 1.29 is 4.21 Å². The van der Waals surface area contributed by atoms with E-state index in [-0.39, 0.29) is 6.04 Å². The Labute approximate surface area is 116 Å². The van der Waals surface area contributed by atoms with Gasteiger partial charge in [0, 0.05) is 45.9 Å². The highest BCUT2D eigenvalue weighted by Crippen LogP contribution is 2.20. The lowest BCUT2D eigenvalue weighted by Crippen LogP contribution is -2.25. The Morgan fingerprint density at radius 2 is 2.22 bits per heavy atom. The molecule has 2 unspecified atom stereocenters. The number of aryl methyl sites for hydroxylation is 2. The molecule has 0 amide bonds. The molecule has 0 radical (unpaired) electrons. The van der Waals surface area contributed by atoms with Crippen LogP contribution >= 0.6 is 12.2 Å². The van der Waals surface area contributed by atoms with Crippen LogP contribution < -0.4 is 11.1 Å². The van der Waals surface area contributed by atoms with Crippen LogP contribution in [-0.4, -0.2) is 32.2 Å². The number of hydrogen-bond donors (Lipinski definition) is 2. The van der Waals surface area contributed by atoms with Gasteiger partial charge in [0.15, 0.2) is 0 Å². The first-order valence-corrected chi connectivity index (χ1v) is 7.79. The Morgan fingerprint density at radius 3 is 2.72 bits per heavy atom. The van der Waals surface area contributed by atoms with Crippen molar-refractivity contribution in [2.45, 2.75) is 26.8 Å². The van der Waals surface area contributed by atoms with Crippen LogP contribution in [0.2, 0.25) is 0 Å². The summed E-state index contributed by atoms with van der Waals surface area (Å²) in [7, 11) is -0.840. The van der Waals surface area contributed by atoms with Gasteiger partial charge in [0.05, 0.1) is 5.56 Å². The smallest absolute Gasteiger partial charge is 0.107 e. The van der Waals surface area contributed by atoms with E-state index in [0.29, 0.717) is 10.7 Å². The van der Waals surface area contributed by atoms with Crippen LogP contribution in [0.15, 0.2) is 6.07 Å². The summed E-state index contributed by atoms with van der Waals surface area (Å²) in [6, 6.07) is 2.00. The molecule has 0 aliphatic rings. The van der Waals surface area contributed by atoms with E-state index in [0.717, 1.165) is 22.6 Å². The van der Waals surface area contributed by atoms with Crippen molar-refractivity contribution in [2.75, 3.05) is 17.3 Å². The molecule has 4 nitrogen and oxygen atoms in total. The SMILES string of the molecule is Cc1cc(NC(C)CS(C)=O)c(C(N)=S)c(C)n1. The number of anilines is 1. The van der Waals surface area contributed by atoms with Gasteiger partial charge >= 0.3 is 0 Å². The molecule has 0 aliphatic heterocycles. The molecule has 0 saturated heterocycles. The average Bonchev–Trinajstić information content (AvgIpc) is 2.12. The molecule has 18 heavy (non-hydrogen) atoms. The normalized spacial score (nSPS) is 14.0. The van der Waals surface area contributed by atoms with Crippen LogP contribution in [0.4, 0.5) is 5.69 Å². The molecular formula is C12H19N3OS2. The number of thiocarbonyl (C=S) groups is 1. The standard InChI is InChI=1S/C12H19N3OS2/c1-7-5-10(15-8(2)6-18(4)16)11(12(13)17)9(3)14-7/h5,8H,6H2,1-4H3,(H2,13,17)(H,14,15). The fourth-order valence-electron chi connectivity index (χ4n) is 1.91. The molecule has 100 valence electrons. The molecule has 0 saturated carbocycles. The first-order valence-electron chi connectivity index (χ1n) is 5.66. The minimum Gasteiger partial charge on any atom is -0.389 e. The molecule has 0 bridgehead atoms. The molecule has 1 aromatic heterocycles. The van der Waals surface area contributed by atoms with Crippen LogP contribution in [0, 0.1) is 13.8 Å². The zero-order valence-electron chi connectivity index (χ0n) is 11.1. The molecule has 1 heterocycles. The minimum atomic E-state index is -0.840. The first kappa shape index (κ1) is 15.0. The summed E-state index contributed by atoms with van der Waals surface area (Å²) >= 11 is 5.06. The number of aromatic nitrogens is 1. The van der Waals surface area contributed by atoms with Crippen molar-refractivity contribution in [3.8, 4) is 0 Å². The quantitative estimate of drug-likeness (QED) is 0.803. The Morgan fingerprint density at radius 1 is 1.61 bits per heavy atom. The third-order valence-corrected chi connectivity index (χ3v) is 3.63. The lowest BCUT2D eigenvalue weighted by molar-refractivity contribution is 0.683. The van der Waals surface area contributed by atoms with Crippen molar-refractivity contribution in [1.29, 1.82) is 0 Å². The van der Waals surface area contributed by atoms with Gasteiger partial charge in [0.1, 0.15) is 4.99 Å². The maximum Gasteiger partial charge on any atom is 0.107 e. The number of nitrogens with two attached hydrogens (primary N) is 1. The number of nitrogens with one attached hydrogen (secondary N) is 1. The van der Waals surface area contributed by atoms with Crippen molar-refractivity contribution >= 4 is 33.7 Å². The van der Waals surface area contributed by atoms with Crippen LogP contribution in [-0.2, 0) is 10.8 Å². The van der Waals surface area contributed by atoms with Gasteiger partial charge in [-0.25, -0.2) is 0 Å². The van der Waals surface area contributed by atoms with Gasteiger partial charge in [-0.3, -0.25) is 9.19 Å². The Kier molecular flexibility index (Phi) is 5.22. The van der Waals surface area contributed by atoms with Gasteiger partial charge < -0.3 is 11.1 Å². The summed E-state index contributed by atoms with van der Waals surface area (Å²) in [4.78, 5) is 4.68. The van der Waals surface area contributed by atoms with Gasteiger partial charge in [0.2, 0.25) is 0 Å². The number of nitrogens with zero attached hydrogens (tertiary/aromatic N) is 1. The zero-order chi connectivity index (χ0) is 13.9. The molecule has 0 fully saturated rings. The highest BCUT2D eigenvalue weighted by Gasteiger charge is 2.13. The summed E-state index contributed by atoms with van der Waals surface area (Å²) in [5, 5.41) is 3.30. The van der Waals surface area contributed by atoms with E-state index in [1.165, 1.54) is 0 Å². The van der Waals surface area contributed by atoms with E-state index >= 15 is 0 Å². The third-order valence-electron chi connectivity index (χ3n) is 2.46. The minimum absolute atomic E-state index is 0.0881. The predicted octanol–water partition coefficient (Wildman–Crippen LogP) is 1.51. The summed E-state index contributed by atoms with van der Waals surface area (Å²) in [5.74, 6) is 0.581. The Bertz CT molecular complexity index is 488. The average molecular weight is 285 g/mol. The summed E-state index contributed by atoms with van der Waals surface area (Å²) in [6.07, 6.45) is 1.69. The fourth-order valence-corrected chi connectivity index (χ4v) is 2.96. The van der Waals surface area contributed by atoms with Gasteiger partial charge in [0.25, 0.3) is 0 Å². The summed E-state index contributed by atoms with van der Waals surface area (Å²) < 4.78 is 11.2. The number of pyridine rings is 1. The van der Waals surface area contributed by atoms with Crippen LogP contribution in [0.1, 0.15) is 23.9 Å². The monoisotopic (exact) mass is 285 g/mol. The largest absolute Gasteiger partial charge is 0.389 e. The molecule has 1 rings (SSSR count). The van der Waals surface area contributed by atoms with Crippen LogP contribution in [0.25, 0.3) is 0 Å². The summed E-state index contributed by atoms with van der Waals surface area (Å²) in [5.41, 5.74) is 9.09. The highest BCUT2D eigenvalue weighted by atomic mass is 32.2. The van der Waals surface area contributed by atoms with E-state index in [1.54, 1.807) is 6.26 Å². The molecular weight excluding hydrogens is 266 g/mol. The number of rotatable bonds is 5. The van der Waals surface area contributed by atoms with Crippen molar-refractivity contribution in [1.82, 2.24) is 4.98 Å². The second kappa shape index (κ2) is 6.24. The van der Waals surface area contributed by atoms with Gasteiger partial charge in [-0.05, 0) is 26.8 Å². The maximum atomic E-state index is 11.2. The third kappa shape index (κ3) is 4.03. The Balaban J connectivity index is 3.07. The molecule has 2 atom stereocenters. The van der Waals surface area contributed by atoms with E-state index < -0.39 is 10.8 Å². The van der Waals surface area contributed by atoms with Gasteiger partial charge in [-0.15, -0.1) is 0 Å². The van der Waals surface area contributed by atoms with Crippen LogP contribution in [0.5, 0.6) is 0 Å². The topological polar surface area (TPSA) is 68.0 Å². The van der Waals surface area contributed by atoms with Gasteiger partial charge in [-0.1, -0.05) is 12.2 Å². The van der Waals surface area contributed by atoms with Crippen molar-refractivity contribution in [2.24, 2.45) is 5.73 Å².